The molecule has 0 fully saturated rings. The molecule has 2 heterocycles. The van der Waals surface area contributed by atoms with Crippen LogP contribution in [0.3, 0.4) is 0 Å². The SMILES string of the molecule is O=C(NCc1ccccc1)c1cccn1-c1cccnc1. The molecule has 0 bridgehead atoms. The quantitative estimate of drug-likeness (QED) is 0.797. The first-order chi connectivity index (χ1) is 10.3. The van der Waals surface area contributed by atoms with E-state index >= 15 is 0 Å². The van der Waals surface area contributed by atoms with E-state index in [1.807, 2.05) is 59.3 Å². The molecule has 1 aromatic carbocycles. The van der Waals surface area contributed by atoms with E-state index in [4.69, 9.17) is 0 Å². The lowest BCUT2D eigenvalue weighted by Gasteiger charge is -2.09. The number of pyridine rings is 1. The average Bonchev–Trinajstić information content (AvgIpc) is 3.04. The van der Waals surface area contributed by atoms with Crippen molar-refractivity contribution in [3.05, 3.63) is 84.4 Å². The summed E-state index contributed by atoms with van der Waals surface area (Å²) in [6.45, 7) is 0.512. The van der Waals surface area contributed by atoms with Gasteiger partial charge in [0.15, 0.2) is 0 Å². The predicted octanol–water partition coefficient (Wildman–Crippen LogP) is 2.80. The number of hydrogen-bond donors (Lipinski definition) is 1. The van der Waals surface area contributed by atoms with Crippen LogP contribution in [0.15, 0.2) is 73.2 Å². The normalized spacial score (nSPS) is 10.3. The van der Waals surface area contributed by atoms with Crippen molar-refractivity contribution in [1.82, 2.24) is 14.9 Å². The second-order valence-corrected chi connectivity index (χ2v) is 4.64. The van der Waals surface area contributed by atoms with E-state index in [1.54, 1.807) is 18.5 Å². The lowest BCUT2D eigenvalue weighted by Crippen LogP contribution is -2.25. The van der Waals surface area contributed by atoms with Crippen LogP contribution in [0.1, 0.15) is 16.1 Å². The van der Waals surface area contributed by atoms with Crippen LogP contribution < -0.4 is 5.32 Å². The number of hydrogen-bond acceptors (Lipinski definition) is 2. The Balaban J connectivity index is 1.76. The summed E-state index contributed by atoms with van der Waals surface area (Å²) in [5.74, 6) is -0.104. The molecule has 0 saturated carbocycles. The van der Waals surface area contributed by atoms with Gasteiger partial charge in [0, 0.05) is 18.9 Å². The van der Waals surface area contributed by atoms with E-state index in [2.05, 4.69) is 10.3 Å². The highest BCUT2D eigenvalue weighted by Gasteiger charge is 2.11. The Morgan fingerprint density at radius 2 is 1.90 bits per heavy atom. The summed E-state index contributed by atoms with van der Waals surface area (Å²) in [6, 6.07) is 17.3. The number of aromatic nitrogens is 2. The molecule has 2 aromatic heterocycles. The molecule has 0 saturated heterocycles. The van der Waals surface area contributed by atoms with Crippen LogP contribution in [-0.2, 0) is 6.54 Å². The van der Waals surface area contributed by atoms with Gasteiger partial charge in [-0.3, -0.25) is 9.78 Å². The van der Waals surface area contributed by atoms with Crippen molar-refractivity contribution in [3.63, 3.8) is 0 Å². The van der Waals surface area contributed by atoms with Crippen molar-refractivity contribution in [3.8, 4) is 5.69 Å². The first-order valence-corrected chi connectivity index (χ1v) is 6.74. The molecule has 0 spiro atoms. The van der Waals surface area contributed by atoms with Gasteiger partial charge in [-0.2, -0.15) is 0 Å². The number of carbonyl (C=O) groups excluding carboxylic acids is 1. The topological polar surface area (TPSA) is 46.9 Å². The standard InChI is InChI=1S/C17H15N3O/c21-17(19-12-14-6-2-1-3-7-14)16-9-5-11-20(16)15-8-4-10-18-13-15/h1-11,13H,12H2,(H,19,21). The highest BCUT2D eigenvalue weighted by Crippen LogP contribution is 2.11. The Bertz CT molecular complexity index is 720. The minimum absolute atomic E-state index is 0.104. The first-order valence-electron chi connectivity index (χ1n) is 6.74. The molecule has 1 amide bonds. The summed E-state index contributed by atoms with van der Waals surface area (Å²) < 4.78 is 1.83. The second kappa shape index (κ2) is 6.05. The third-order valence-corrected chi connectivity index (χ3v) is 3.20. The van der Waals surface area contributed by atoms with Gasteiger partial charge in [-0.15, -0.1) is 0 Å². The van der Waals surface area contributed by atoms with Gasteiger partial charge in [-0.1, -0.05) is 30.3 Å². The predicted molar refractivity (Wildman–Crippen MR) is 81.2 cm³/mol. The fourth-order valence-electron chi connectivity index (χ4n) is 2.16. The van der Waals surface area contributed by atoms with E-state index in [9.17, 15) is 4.79 Å². The number of nitrogens with one attached hydrogen (secondary N) is 1. The monoisotopic (exact) mass is 277 g/mol. The molecule has 0 unspecified atom stereocenters. The average molecular weight is 277 g/mol. The van der Waals surface area contributed by atoms with Crippen LogP contribution in [0.25, 0.3) is 5.69 Å². The molecule has 3 aromatic rings. The van der Waals surface area contributed by atoms with Gasteiger partial charge in [-0.05, 0) is 29.8 Å². The van der Waals surface area contributed by atoms with Gasteiger partial charge < -0.3 is 9.88 Å². The molecule has 0 radical (unpaired) electrons. The van der Waals surface area contributed by atoms with Crippen molar-refractivity contribution >= 4 is 5.91 Å². The van der Waals surface area contributed by atoms with E-state index in [-0.39, 0.29) is 5.91 Å². The van der Waals surface area contributed by atoms with Gasteiger partial charge in [0.1, 0.15) is 5.69 Å². The van der Waals surface area contributed by atoms with Gasteiger partial charge in [-0.25, -0.2) is 0 Å². The summed E-state index contributed by atoms with van der Waals surface area (Å²) in [5.41, 5.74) is 2.54. The second-order valence-electron chi connectivity index (χ2n) is 4.64. The summed E-state index contributed by atoms with van der Waals surface area (Å²) >= 11 is 0. The van der Waals surface area contributed by atoms with Crippen molar-refractivity contribution < 1.29 is 4.79 Å². The van der Waals surface area contributed by atoms with Crippen LogP contribution in [0.4, 0.5) is 0 Å². The van der Waals surface area contributed by atoms with E-state index < -0.39 is 0 Å². The van der Waals surface area contributed by atoms with E-state index in [0.717, 1.165) is 11.3 Å². The summed E-state index contributed by atoms with van der Waals surface area (Å²) in [7, 11) is 0. The zero-order chi connectivity index (χ0) is 14.5. The lowest BCUT2D eigenvalue weighted by molar-refractivity contribution is 0.0944. The minimum atomic E-state index is -0.104. The third-order valence-electron chi connectivity index (χ3n) is 3.20. The maximum atomic E-state index is 12.3. The maximum absolute atomic E-state index is 12.3. The molecular formula is C17H15N3O. The number of amides is 1. The van der Waals surface area contributed by atoms with Gasteiger partial charge in [0.05, 0.1) is 11.9 Å². The van der Waals surface area contributed by atoms with E-state index in [1.165, 1.54) is 0 Å². The summed E-state index contributed by atoms with van der Waals surface area (Å²) in [4.78, 5) is 16.4. The highest BCUT2D eigenvalue weighted by molar-refractivity contribution is 5.93. The number of benzene rings is 1. The molecule has 0 aliphatic heterocycles. The van der Waals surface area contributed by atoms with Crippen molar-refractivity contribution in [2.24, 2.45) is 0 Å². The Kier molecular flexibility index (Phi) is 3.78. The molecule has 0 atom stereocenters. The Morgan fingerprint density at radius 3 is 2.67 bits per heavy atom. The van der Waals surface area contributed by atoms with Crippen molar-refractivity contribution in [2.45, 2.75) is 6.54 Å². The number of carbonyl (C=O) groups is 1. The van der Waals surface area contributed by atoms with E-state index in [0.29, 0.717) is 12.2 Å². The Labute approximate surface area is 123 Å². The minimum Gasteiger partial charge on any atom is -0.347 e. The third kappa shape index (κ3) is 3.00. The number of nitrogens with zero attached hydrogens (tertiary/aromatic N) is 2. The molecule has 4 nitrogen and oxygen atoms in total. The van der Waals surface area contributed by atoms with Gasteiger partial charge >= 0.3 is 0 Å². The zero-order valence-electron chi connectivity index (χ0n) is 11.4. The van der Waals surface area contributed by atoms with Crippen LogP contribution in [0.2, 0.25) is 0 Å². The molecule has 0 aliphatic rings. The molecule has 4 heteroatoms. The van der Waals surface area contributed by atoms with Gasteiger partial charge in [0.25, 0.3) is 5.91 Å². The number of rotatable bonds is 4. The molecular weight excluding hydrogens is 262 g/mol. The van der Waals surface area contributed by atoms with Crippen molar-refractivity contribution in [1.29, 1.82) is 0 Å². The van der Waals surface area contributed by atoms with Gasteiger partial charge in [0.2, 0.25) is 0 Å². The first kappa shape index (κ1) is 13.1. The van der Waals surface area contributed by atoms with Crippen LogP contribution in [0, 0.1) is 0 Å². The molecule has 21 heavy (non-hydrogen) atoms. The summed E-state index contributed by atoms with van der Waals surface area (Å²) in [6.07, 6.45) is 5.30. The van der Waals surface area contributed by atoms with Crippen LogP contribution in [0.5, 0.6) is 0 Å². The highest BCUT2D eigenvalue weighted by atomic mass is 16.1. The lowest BCUT2D eigenvalue weighted by atomic mass is 10.2. The van der Waals surface area contributed by atoms with Crippen molar-refractivity contribution in [2.75, 3.05) is 0 Å². The molecule has 3 rings (SSSR count). The Morgan fingerprint density at radius 1 is 1.05 bits per heavy atom. The largest absolute Gasteiger partial charge is 0.347 e. The summed E-state index contributed by atoms with van der Waals surface area (Å²) in [5, 5.41) is 2.93. The smallest absolute Gasteiger partial charge is 0.268 e. The van der Waals surface area contributed by atoms with Crippen LogP contribution >= 0.6 is 0 Å². The Hall–Kier alpha value is -2.88. The zero-order valence-corrected chi connectivity index (χ0v) is 11.4. The fourth-order valence-corrected chi connectivity index (χ4v) is 2.16. The maximum Gasteiger partial charge on any atom is 0.268 e. The molecule has 104 valence electrons. The molecule has 1 N–H and O–H groups in total. The van der Waals surface area contributed by atoms with Crippen LogP contribution in [-0.4, -0.2) is 15.5 Å². The molecule has 0 aliphatic carbocycles. The fraction of sp³-hybridized carbons (Fsp3) is 0.0588.